The highest BCUT2D eigenvalue weighted by Crippen LogP contribution is 2.21. The van der Waals surface area contributed by atoms with E-state index in [9.17, 15) is 9.59 Å². The van der Waals surface area contributed by atoms with Crippen molar-refractivity contribution < 1.29 is 14.3 Å². The van der Waals surface area contributed by atoms with Crippen LogP contribution in [0.15, 0.2) is 4.34 Å². The maximum atomic E-state index is 12.2. The summed E-state index contributed by atoms with van der Waals surface area (Å²) in [6.45, 7) is 3.02. The van der Waals surface area contributed by atoms with Crippen molar-refractivity contribution in [2.75, 3.05) is 26.0 Å². The number of amides is 2. The lowest BCUT2D eigenvalue weighted by Crippen LogP contribution is -2.52. The Balaban J connectivity index is 1.76. The van der Waals surface area contributed by atoms with Crippen LogP contribution in [-0.4, -0.2) is 59.1 Å². The molecular formula is C13H20N4O3S2. The fourth-order valence-electron chi connectivity index (χ4n) is 2.31. The van der Waals surface area contributed by atoms with Crippen LogP contribution in [0.2, 0.25) is 0 Å². The highest BCUT2D eigenvalue weighted by atomic mass is 32.2. The molecule has 1 fully saturated rings. The molecular weight excluding hydrogens is 324 g/mol. The summed E-state index contributed by atoms with van der Waals surface area (Å²) in [5.74, 6) is 0.616. The van der Waals surface area contributed by atoms with Crippen LogP contribution in [0.1, 0.15) is 24.3 Å². The van der Waals surface area contributed by atoms with Gasteiger partial charge in [0.2, 0.25) is 5.91 Å². The van der Waals surface area contributed by atoms with E-state index in [1.165, 1.54) is 12.0 Å². The van der Waals surface area contributed by atoms with Crippen LogP contribution in [0.5, 0.6) is 0 Å². The van der Waals surface area contributed by atoms with Crippen LogP contribution in [0, 0.1) is 6.92 Å². The molecule has 1 aliphatic heterocycles. The first-order chi connectivity index (χ1) is 10.6. The number of carbonyl (C=O) groups is 2. The van der Waals surface area contributed by atoms with E-state index in [0.29, 0.717) is 19.5 Å². The molecule has 0 aliphatic carbocycles. The first kappa shape index (κ1) is 17.0. The van der Waals surface area contributed by atoms with Gasteiger partial charge in [-0.15, -0.1) is 10.2 Å². The van der Waals surface area contributed by atoms with Gasteiger partial charge in [-0.2, -0.15) is 0 Å². The summed E-state index contributed by atoms with van der Waals surface area (Å²) in [7, 11) is 1.34. The Morgan fingerprint density at radius 3 is 2.95 bits per heavy atom. The molecule has 2 heterocycles. The van der Waals surface area contributed by atoms with E-state index in [4.69, 9.17) is 4.74 Å². The van der Waals surface area contributed by atoms with Crippen molar-refractivity contribution in [3.8, 4) is 0 Å². The number of thioether (sulfide) groups is 1. The Morgan fingerprint density at radius 2 is 2.27 bits per heavy atom. The van der Waals surface area contributed by atoms with Crippen LogP contribution in [0.4, 0.5) is 4.79 Å². The lowest BCUT2D eigenvalue weighted by atomic mass is 10.0. The van der Waals surface area contributed by atoms with Crippen molar-refractivity contribution in [2.45, 2.75) is 36.6 Å². The van der Waals surface area contributed by atoms with E-state index in [-0.39, 0.29) is 5.91 Å². The summed E-state index contributed by atoms with van der Waals surface area (Å²) >= 11 is 3.11. The van der Waals surface area contributed by atoms with Gasteiger partial charge in [0.15, 0.2) is 4.34 Å². The summed E-state index contributed by atoms with van der Waals surface area (Å²) < 4.78 is 5.65. The zero-order chi connectivity index (χ0) is 15.9. The van der Waals surface area contributed by atoms with E-state index in [2.05, 4.69) is 15.5 Å². The first-order valence-corrected chi connectivity index (χ1v) is 8.97. The maximum Gasteiger partial charge on any atom is 0.410 e. The average molecular weight is 344 g/mol. The van der Waals surface area contributed by atoms with Gasteiger partial charge in [0.05, 0.1) is 7.11 Å². The second-order valence-electron chi connectivity index (χ2n) is 4.90. The third-order valence-corrected chi connectivity index (χ3v) is 5.32. The van der Waals surface area contributed by atoms with E-state index in [0.717, 1.165) is 27.9 Å². The van der Waals surface area contributed by atoms with Gasteiger partial charge in [0, 0.05) is 18.8 Å². The number of carbonyl (C=O) groups excluding carboxylic acids is 2. The minimum Gasteiger partial charge on any atom is -0.453 e. The summed E-state index contributed by atoms with van der Waals surface area (Å²) in [5, 5.41) is 11.8. The van der Waals surface area contributed by atoms with Gasteiger partial charge in [-0.1, -0.05) is 23.1 Å². The molecule has 0 aromatic carbocycles. The molecule has 22 heavy (non-hydrogen) atoms. The predicted molar refractivity (Wildman–Crippen MR) is 85.1 cm³/mol. The number of ether oxygens (including phenoxy) is 1. The molecule has 0 bridgehead atoms. The molecule has 1 atom stereocenters. The van der Waals surface area contributed by atoms with Gasteiger partial charge in [-0.3, -0.25) is 9.69 Å². The number of nitrogens with one attached hydrogen (secondary N) is 1. The molecule has 2 amide bonds. The Kier molecular flexibility index (Phi) is 6.44. The van der Waals surface area contributed by atoms with Crippen LogP contribution in [0.3, 0.4) is 0 Å². The number of likely N-dealkylation sites (tertiary alicyclic amines) is 1. The number of rotatable bonds is 5. The molecule has 122 valence electrons. The lowest BCUT2D eigenvalue weighted by molar-refractivity contribution is -0.126. The van der Waals surface area contributed by atoms with Crippen molar-refractivity contribution in [2.24, 2.45) is 0 Å². The number of nitrogens with zero attached hydrogens (tertiary/aromatic N) is 3. The van der Waals surface area contributed by atoms with E-state index in [1.807, 2.05) is 6.92 Å². The number of aromatic nitrogens is 2. The van der Waals surface area contributed by atoms with Crippen LogP contribution in [0.25, 0.3) is 0 Å². The quantitative estimate of drug-likeness (QED) is 0.646. The summed E-state index contributed by atoms with van der Waals surface area (Å²) in [6.07, 6.45) is 2.11. The number of methoxy groups -OCH3 is 1. The zero-order valence-corrected chi connectivity index (χ0v) is 14.3. The topological polar surface area (TPSA) is 84.4 Å². The average Bonchev–Trinajstić information content (AvgIpc) is 2.96. The number of aryl methyl sites for hydroxylation is 1. The molecule has 1 N–H and O–H groups in total. The predicted octanol–water partition coefficient (Wildman–Crippen LogP) is 1.68. The molecule has 1 aromatic rings. The van der Waals surface area contributed by atoms with E-state index >= 15 is 0 Å². The molecule has 9 heteroatoms. The van der Waals surface area contributed by atoms with Gasteiger partial charge in [-0.05, 0) is 26.2 Å². The largest absolute Gasteiger partial charge is 0.453 e. The van der Waals surface area contributed by atoms with Gasteiger partial charge >= 0.3 is 6.09 Å². The second-order valence-corrected chi connectivity index (χ2v) is 7.43. The molecule has 1 aromatic heterocycles. The summed E-state index contributed by atoms with van der Waals surface area (Å²) in [4.78, 5) is 25.5. The molecule has 0 radical (unpaired) electrons. The third-order valence-electron chi connectivity index (χ3n) is 3.35. The summed E-state index contributed by atoms with van der Waals surface area (Å²) in [5.41, 5.74) is 0. The number of hydrogen-bond donors (Lipinski definition) is 1. The molecule has 0 unspecified atom stereocenters. The molecule has 1 aliphatic rings. The van der Waals surface area contributed by atoms with Crippen molar-refractivity contribution in [3.63, 3.8) is 0 Å². The smallest absolute Gasteiger partial charge is 0.410 e. The highest BCUT2D eigenvalue weighted by Gasteiger charge is 2.32. The lowest BCUT2D eigenvalue weighted by Gasteiger charge is -2.33. The van der Waals surface area contributed by atoms with Crippen molar-refractivity contribution in [1.82, 2.24) is 20.4 Å². The van der Waals surface area contributed by atoms with Crippen LogP contribution < -0.4 is 5.32 Å². The molecule has 0 saturated carbocycles. The van der Waals surface area contributed by atoms with Gasteiger partial charge in [0.25, 0.3) is 0 Å². The standard InChI is InChI=1S/C13H20N4O3S2/c1-9-15-16-12(22-9)21-8-6-14-11(18)10-5-3-4-7-17(10)13(19)20-2/h10H,3-8H2,1-2H3,(H,14,18)/t10-/m0/s1. The van der Waals surface area contributed by atoms with Crippen molar-refractivity contribution >= 4 is 35.1 Å². The van der Waals surface area contributed by atoms with Gasteiger partial charge < -0.3 is 10.1 Å². The number of hydrogen-bond acceptors (Lipinski definition) is 7. The maximum absolute atomic E-state index is 12.2. The number of piperidine rings is 1. The minimum absolute atomic E-state index is 0.112. The Labute approximate surface area is 137 Å². The fourth-order valence-corrected chi connectivity index (χ4v) is 4.05. The zero-order valence-electron chi connectivity index (χ0n) is 12.7. The van der Waals surface area contributed by atoms with Crippen molar-refractivity contribution in [3.05, 3.63) is 5.01 Å². The Bertz CT molecular complexity index is 523. The molecule has 0 spiro atoms. The second kappa shape index (κ2) is 8.33. The summed E-state index contributed by atoms with van der Waals surface area (Å²) in [6, 6.07) is -0.421. The molecule has 7 nitrogen and oxygen atoms in total. The normalized spacial score (nSPS) is 18.1. The van der Waals surface area contributed by atoms with E-state index in [1.54, 1.807) is 23.1 Å². The van der Waals surface area contributed by atoms with Crippen molar-refractivity contribution in [1.29, 1.82) is 0 Å². The Morgan fingerprint density at radius 1 is 1.45 bits per heavy atom. The van der Waals surface area contributed by atoms with Gasteiger partial charge in [0.1, 0.15) is 11.0 Å². The molecule has 2 rings (SSSR count). The third kappa shape index (κ3) is 4.57. The molecule has 1 saturated heterocycles. The monoisotopic (exact) mass is 344 g/mol. The fraction of sp³-hybridized carbons (Fsp3) is 0.692. The van der Waals surface area contributed by atoms with Crippen LogP contribution >= 0.6 is 23.1 Å². The van der Waals surface area contributed by atoms with Crippen LogP contribution in [-0.2, 0) is 9.53 Å². The minimum atomic E-state index is -0.432. The SMILES string of the molecule is COC(=O)N1CCCC[C@H]1C(=O)NCCSc1nnc(C)s1. The van der Waals surface area contributed by atoms with Gasteiger partial charge in [-0.25, -0.2) is 4.79 Å². The highest BCUT2D eigenvalue weighted by molar-refractivity contribution is 8.01. The van der Waals surface area contributed by atoms with E-state index < -0.39 is 12.1 Å². The first-order valence-electron chi connectivity index (χ1n) is 7.17. The Hall–Kier alpha value is -1.35.